The van der Waals surface area contributed by atoms with Gasteiger partial charge in [0.1, 0.15) is 0 Å². The highest BCUT2D eigenvalue weighted by molar-refractivity contribution is 5.41. The molecule has 0 spiro atoms. The van der Waals surface area contributed by atoms with E-state index >= 15 is 0 Å². The van der Waals surface area contributed by atoms with Gasteiger partial charge in [0, 0.05) is 30.8 Å². The molecule has 6 heteroatoms. The Labute approximate surface area is 125 Å². The van der Waals surface area contributed by atoms with Gasteiger partial charge < -0.3 is 10.1 Å². The maximum atomic E-state index is 11.0. The first kappa shape index (κ1) is 15.9. The summed E-state index contributed by atoms with van der Waals surface area (Å²) in [6, 6.07) is 6.90. The van der Waals surface area contributed by atoms with E-state index in [9.17, 15) is 10.1 Å². The fraction of sp³-hybridized carbons (Fsp3) is 0.600. The van der Waals surface area contributed by atoms with Gasteiger partial charge in [-0.1, -0.05) is 18.2 Å². The Morgan fingerprint density at radius 2 is 2.10 bits per heavy atom. The Morgan fingerprint density at radius 3 is 2.81 bits per heavy atom. The van der Waals surface area contributed by atoms with E-state index in [-0.39, 0.29) is 16.7 Å². The monoisotopic (exact) mass is 293 g/mol. The van der Waals surface area contributed by atoms with Crippen molar-refractivity contribution < 1.29 is 9.66 Å². The third-order valence-electron chi connectivity index (χ3n) is 3.81. The Hall–Kier alpha value is -1.50. The average Bonchev–Trinajstić information content (AvgIpc) is 2.52. The molecule has 0 aromatic heterocycles. The van der Waals surface area contributed by atoms with Crippen LogP contribution >= 0.6 is 0 Å². The van der Waals surface area contributed by atoms with Gasteiger partial charge in [0.2, 0.25) is 0 Å². The molecule has 1 fully saturated rings. The highest BCUT2D eigenvalue weighted by Crippen LogP contribution is 2.24. The number of nitrogens with one attached hydrogen (secondary N) is 1. The summed E-state index contributed by atoms with van der Waals surface area (Å²) in [5.41, 5.74) is 0.930. The molecule has 21 heavy (non-hydrogen) atoms. The number of hydrogen-bond acceptors (Lipinski definition) is 5. The number of nitro benzene ring substituents is 1. The smallest absolute Gasteiger partial charge is 0.274 e. The van der Waals surface area contributed by atoms with Crippen LogP contribution in [0.5, 0.6) is 0 Å². The molecule has 1 unspecified atom stereocenters. The molecule has 1 aromatic carbocycles. The van der Waals surface area contributed by atoms with E-state index in [1.165, 1.54) is 0 Å². The number of para-hydroxylation sites is 1. The molecule has 116 valence electrons. The number of hydrogen-bond donors (Lipinski definition) is 1. The van der Waals surface area contributed by atoms with Gasteiger partial charge in [-0.05, 0) is 26.4 Å². The molecule has 0 saturated carbocycles. The fourth-order valence-electron chi connectivity index (χ4n) is 2.58. The lowest BCUT2D eigenvalue weighted by Crippen LogP contribution is -2.37. The van der Waals surface area contributed by atoms with E-state index in [0.717, 1.165) is 51.4 Å². The van der Waals surface area contributed by atoms with Gasteiger partial charge in [0.25, 0.3) is 5.69 Å². The Balaban J connectivity index is 1.76. The first-order valence-electron chi connectivity index (χ1n) is 7.45. The summed E-state index contributed by atoms with van der Waals surface area (Å²) < 4.78 is 5.32. The van der Waals surface area contributed by atoms with Gasteiger partial charge >= 0.3 is 0 Å². The van der Waals surface area contributed by atoms with Crippen molar-refractivity contribution in [2.24, 2.45) is 0 Å². The molecule has 1 saturated heterocycles. The first-order chi connectivity index (χ1) is 10.2. The molecule has 1 aromatic rings. The molecule has 0 amide bonds. The van der Waals surface area contributed by atoms with Crippen LogP contribution in [0, 0.1) is 10.1 Å². The Kier molecular flexibility index (Phi) is 6.10. The summed E-state index contributed by atoms with van der Waals surface area (Å²) >= 11 is 0. The standard InChI is InChI=1S/C15H23N3O3/c1-13(14-5-2-3-6-15(14)18(19)20)16-7-4-8-17-9-11-21-12-10-17/h2-3,5-6,13,16H,4,7-12H2,1H3. The van der Waals surface area contributed by atoms with E-state index in [4.69, 9.17) is 4.74 Å². The third kappa shape index (κ3) is 4.77. The van der Waals surface area contributed by atoms with Crippen molar-refractivity contribution in [2.45, 2.75) is 19.4 Å². The highest BCUT2D eigenvalue weighted by atomic mass is 16.6. The molecular weight excluding hydrogens is 270 g/mol. The van der Waals surface area contributed by atoms with Crippen LogP contribution in [-0.4, -0.2) is 49.2 Å². The van der Waals surface area contributed by atoms with Crippen molar-refractivity contribution in [1.29, 1.82) is 0 Å². The molecule has 1 atom stereocenters. The van der Waals surface area contributed by atoms with Crippen LogP contribution in [-0.2, 0) is 4.74 Å². The summed E-state index contributed by atoms with van der Waals surface area (Å²) in [6.07, 6.45) is 1.03. The van der Waals surface area contributed by atoms with Gasteiger partial charge in [-0.15, -0.1) is 0 Å². The summed E-state index contributed by atoms with van der Waals surface area (Å²) in [4.78, 5) is 13.1. The zero-order valence-corrected chi connectivity index (χ0v) is 12.5. The highest BCUT2D eigenvalue weighted by Gasteiger charge is 2.17. The Morgan fingerprint density at radius 1 is 1.38 bits per heavy atom. The second kappa shape index (κ2) is 8.07. The van der Waals surface area contributed by atoms with Gasteiger partial charge in [-0.3, -0.25) is 15.0 Å². The SMILES string of the molecule is CC(NCCCN1CCOCC1)c1ccccc1[N+](=O)[O-]. The summed E-state index contributed by atoms with van der Waals surface area (Å²) in [7, 11) is 0. The third-order valence-corrected chi connectivity index (χ3v) is 3.81. The van der Waals surface area contributed by atoms with Crippen LogP contribution in [0.2, 0.25) is 0 Å². The van der Waals surface area contributed by atoms with Gasteiger partial charge in [-0.2, -0.15) is 0 Å². The summed E-state index contributed by atoms with van der Waals surface area (Å²) in [5.74, 6) is 0. The van der Waals surface area contributed by atoms with E-state index in [0.29, 0.717) is 0 Å². The molecule has 1 aliphatic heterocycles. The minimum absolute atomic E-state index is 0.0173. The number of nitro groups is 1. The number of benzene rings is 1. The molecule has 0 bridgehead atoms. The molecule has 0 radical (unpaired) electrons. The number of morpholine rings is 1. The number of rotatable bonds is 7. The quantitative estimate of drug-likeness (QED) is 0.473. The zero-order valence-electron chi connectivity index (χ0n) is 12.5. The van der Waals surface area contributed by atoms with Crippen molar-refractivity contribution >= 4 is 5.69 Å². The second-order valence-corrected chi connectivity index (χ2v) is 5.30. The molecule has 2 rings (SSSR count). The van der Waals surface area contributed by atoms with Crippen molar-refractivity contribution in [3.8, 4) is 0 Å². The predicted molar refractivity (Wildman–Crippen MR) is 81.4 cm³/mol. The molecule has 1 heterocycles. The van der Waals surface area contributed by atoms with Crippen molar-refractivity contribution in [3.05, 3.63) is 39.9 Å². The fourth-order valence-corrected chi connectivity index (χ4v) is 2.58. The van der Waals surface area contributed by atoms with Crippen molar-refractivity contribution in [1.82, 2.24) is 10.2 Å². The second-order valence-electron chi connectivity index (χ2n) is 5.30. The molecule has 0 aliphatic carbocycles. The van der Waals surface area contributed by atoms with Crippen LogP contribution in [0.4, 0.5) is 5.69 Å². The van der Waals surface area contributed by atoms with E-state index < -0.39 is 0 Å². The minimum atomic E-state index is -0.318. The maximum absolute atomic E-state index is 11.0. The first-order valence-corrected chi connectivity index (χ1v) is 7.45. The molecule has 1 N–H and O–H groups in total. The van der Waals surface area contributed by atoms with Crippen LogP contribution in [0.15, 0.2) is 24.3 Å². The van der Waals surface area contributed by atoms with Crippen molar-refractivity contribution in [2.75, 3.05) is 39.4 Å². The minimum Gasteiger partial charge on any atom is -0.379 e. The lowest BCUT2D eigenvalue weighted by molar-refractivity contribution is -0.385. The van der Waals surface area contributed by atoms with Gasteiger partial charge in [0.15, 0.2) is 0 Å². The van der Waals surface area contributed by atoms with Gasteiger partial charge in [0.05, 0.1) is 18.1 Å². The number of ether oxygens (including phenoxy) is 1. The van der Waals surface area contributed by atoms with Crippen molar-refractivity contribution in [3.63, 3.8) is 0 Å². The van der Waals surface area contributed by atoms with Crippen LogP contribution < -0.4 is 5.32 Å². The maximum Gasteiger partial charge on any atom is 0.274 e. The summed E-state index contributed by atoms with van der Waals surface area (Å²) in [6.45, 7) is 7.50. The van der Waals surface area contributed by atoms with Gasteiger partial charge in [-0.25, -0.2) is 0 Å². The topological polar surface area (TPSA) is 67.6 Å². The van der Waals surface area contributed by atoms with Crippen LogP contribution in [0.3, 0.4) is 0 Å². The predicted octanol–water partition coefficient (Wildman–Crippen LogP) is 1.97. The largest absolute Gasteiger partial charge is 0.379 e. The van der Waals surface area contributed by atoms with E-state index in [1.54, 1.807) is 12.1 Å². The zero-order chi connectivity index (χ0) is 15.1. The Bertz CT molecular complexity index is 461. The normalized spacial score (nSPS) is 17.6. The van der Waals surface area contributed by atoms with Crippen LogP contribution in [0.25, 0.3) is 0 Å². The summed E-state index contributed by atoms with van der Waals surface area (Å²) in [5, 5.41) is 14.4. The van der Waals surface area contributed by atoms with E-state index in [2.05, 4.69) is 10.2 Å². The molecular formula is C15H23N3O3. The lowest BCUT2D eigenvalue weighted by Gasteiger charge is -2.26. The number of nitrogens with zero attached hydrogens (tertiary/aromatic N) is 2. The van der Waals surface area contributed by atoms with E-state index in [1.807, 2.05) is 19.1 Å². The lowest BCUT2D eigenvalue weighted by atomic mass is 10.1. The molecule has 1 aliphatic rings. The average molecular weight is 293 g/mol. The van der Waals surface area contributed by atoms with Crippen LogP contribution in [0.1, 0.15) is 24.9 Å². The molecule has 6 nitrogen and oxygen atoms in total.